The first kappa shape index (κ1) is 19.5. The van der Waals surface area contributed by atoms with Crippen molar-refractivity contribution >= 4 is 11.6 Å². The molecule has 28 heavy (non-hydrogen) atoms. The first-order valence-corrected chi connectivity index (χ1v) is 8.08. The molecule has 1 aromatic heterocycles. The van der Waals surface area contributed by atoms with Gasteiger partial charge in [0.05, 0.1) is 0 Å². The van der Waals surface area contributed by atoms with Crippen LogP contribution in [0.15, 0.2) is 42.5 Å². The van der Waals surface area contributed by atoms with Gasteiger partial charge < -0.3 is 5.32 Å². The van der Waals surface area contributed by atoms with Crippen LogP contribution in [-0.2, 0) is 6.18 Å². The van der Waals surface area contributed by atoms with Gasteiger partial charge in [0.25, 0.3) is 5.91 Å². The summed E-state index contributed by atoms with van der Waals surface area (Å²) in [6.45, 7) is 2.80. The Balaban J connectivity index is 1.88. The van der Waals surface area contributed by atoms with Gasteiger partial charge in [0, 0.05) is 16.9 Å². The molecule has 2 aromatic carbocycles. The highest BCUT2D eigenvalue weighted by atomic mass is 19.4. The predicted octanol–water partition coefficient (Wildman–Crippen LogP) is 5.04. The summed E-state index contributed by atoms with van der Waals surface area (Å²) in [6, 6.07) is 8.28. The van der Waals surface area contributed by atoms with E-state index in [1.807, 2.05) is 0 Å². The van der Waals surface area contributed by atoms with Crippen molar-refractivity contribution in [2.24, 2.45) is 0 Å². The van der Waals surface area contributed by atoms with Crippen molar-refractivity contribution in [1.82, 2.24) is 9.78 Å². The Kier molecular flexibility index (Phi) is 4.93. The van der Waals surface area contributed by atoms with Crippen LogP contribution < -0.4 is 5.32 Å². The van der Waals surface area contributed by atoms with Gasteiger partial charge in [0.2, 0.25) is 0 Å². The van der Waals surface area contributed by atoms with Crippen LogP contribution in [0.1, 0.15) is 27.3 Å². The Bertz CT molecular complexity index is 1060. The molecule has 1 N–H and O–H groups in total. The highest BCUT2D eigenvalue weighted by Gasteiger charge is 2.34. The molecule has 0 fully saturated rings. The number of hydrogen-bond donors (Lipinski definition) is 1. The maximum atomic E-state index is 14.5. The Labute approximate surface area is 156 Å². The van der Waals surface area contributed by atoms with Gasteiger partial charge in [0.15, 0.2) is 11.5 Å². The van der Waals surface area contributed by atoms with Gasteiger partial charge in [-0.1, -0.05) is 6.07 Å². The van der Waals surface area contributed by atoms with E-state index in [4.69, 9.17) is 0 Å². The third-order valence-corrected chi connectivity index (χ3v) is 4.12. The average Bonchev–Trinajstić information content (AvgIpc) is 2.99. The smallest absolute Gasteiger partial charge is 0.322 e. The molecule has 0 saturated carbocycles. The summed E-state index contributed by atoms with van der Waals surface area (Å²) in [4.78, 5) is 12.3. The van der Waals surface area contributed by atoms with E-state index in [9.17, 15) is 26.7 Å². The van der Waals surface area contributed by atoms with E-state index in [0.29, 0.717) is 0 Å². The first-order valence-electron chi connectivity index (χ1n) is 8.08. The van der Waals surface area contributed by atoms with Gasteiger partial charge in [-0.3, -0.25) is 4.79 Å². The van der Waals surface area contributed by atoms with Crippen LogP contribution in [0, 0.1) is 25.5 Å². The summed E-state index contributed by atoms with van der Waals surface area (Å²) < 4.78 is 67.2. The van der Waals surface area contributed by atoms with Crippen molar-refractivity contribution < 1.29 is 26.7 Å². The maximum Gasteiger partial charge on any atom is 0.435 e. The minimum absolute atomic E-state index is 0.0655. The topological polar surface area (TPSA) is 46.9 Å². The molecule has 1 heterocycles. The molecule has 0 bridgehead atoms. The van der Waals surface area contributed by atoms with Crippen LogP contribution in [0.2, 0.25) is 0 Å². The number of benzene rings is 2. The first-order chi connectivity index (χ1) is 13.1. The zero-order chi connectivity index (χ0) is 20.6. The molecule has 0 aliphatic rings. The van der Waals surface area contributed by atoms with Gasteiger partial charge >= 0.3 is 6.18 Å². The molecule has 1 amide bonds. The van der Waals surface area contributed by atoms with Crippen LogP contribution >= 0.6 is 0 Å². The van der Waals surface area contributed by atoms with E-state index in [2.05, 4.69) is 10.4 Å². The Morgan fingerprint density at radius 2 is 1.75 bits per heavy atom. The van der Waals surface area contributed by atoms with Crippen molar-refractivity contribution in [1.29, 1.82) is 0 Å². The van der Waals surface area contributed by atoms with E-state index in [1.165, 1.54) is 44.2 Å². The Hall–Kier alpha value is -3.23. The van der Waals surface area contributed by atoms with Crippen molar-refractivity contribution in [3.05, 3.63) is 76.6 Å². The van der Waals surface area contributed by atoms with Gasteiger partial charge in [-0.15, -0.1) is 0 Å². The number of alkyl halides is 3. The van der Waals surface area contributed by atoms with E-state index < -0.39 is 29.4 Å². The lowest BCUT2D eigenvalue weighted by molar-refractivity contribution is -0.141. The molecule has 0 saturated heterocycles. The molecular weight excluding hydrogens is 381 g/mol. The minimum Gasteiger partial charge on any atom is -0.322 e. The number of nitrogens with one attached hydrogen (secondary N) is 1. The molecular formula is C19H14F5N3O. The normalized spacial score (nSPS) is 11.5. The van der Waals surface area contributed by atoms with Crippen LogP contribution in [0.5, 0.6) is 0 Å². The van der Waals surface area contributed by atoms with Crippen LogP contribution in [0.25, 0.3) is 5.69 Å². The maximum absolute atomic E-state index is 14.5. The number of hydrogen-bond acceptors (Lipinski definition) is 2. The number of rotatable bonds is 3. The monoisotopic (exact) mass is 395 g/mol. The summed E-state index contributed by atoms with van der Waals surface area (Å²) in [5, 5.41) is 5.83. The van der Waals surface area contributed by atoms with E-state index >= 15 is 0 Å². The van der Waals surface area contributed by atoms with Crippen LogP contribution in [0.3, 0.4) is 0 Å². The quantitative estimate of drug-likeness (QED) is 0.632. The molecule has 0 aliphatic heterocycles. The number of amides is 1. The molecule has 146 valence electrons. The second-order valence-electron chi connectivity index (χ2n) is 6.11. The molecule has 0 atom stereocenters. The molecule has 0 aliphatic carbocycles. The lowest BCUT2D eigenvalue weighted by Crippen LogP contribution is -2.14. The number of nitrogens with zero attached hydrogens (tertiary/aromatic N) is 2. The summed E-state index contributed by atoms with van der Waals surface area (Å²) in [6.07, 6.45) is -4.65. The Morgan fingerprint density at radius 1 is 1.04 bits per heavy atom. The highest BCUT2D eigenvalue weighted by molar-refractivity contribution is 6.05. The zero-order valence-corrected chi connectivity index (χ0v) is 14.7. The summed E-state index contributed by atoms with van der Waals surface area (Å²) in [7, 11) is 0. The van der Waals surface area contributed by atoms with Crippen molar-refractivity contribution in [3.8, 4) is 5.69 Å². The Morgan fingerprint density at radius 3 is 2.36 bits per heavy atom. The number of carbonyl (C=O) groups excluding carboxylic acids is 1. The average molecular weight is 395 g/mol. The molecule has 3 rings (SSSR count). The lowest BCUT2D eigenvalue weighted by atomic mass is 10.1. The summed E-state index contributed by atoms with van der Waals surface area (Å²) in [5.74, 6) is -2.07. The highest BCUT2D eigenvalue weighted by Crippen LogP contribution is 2.30. The third kappa shape index (κ3) is 3.73. The second-order valence-corrected chi connectivity index (χ2v) is 6.11. The predicted molar refractivity (Wildman–Crippen MR) is 92.4 cm³/mol. The van der Waals surface area contributed by atoms with E-state index in [0.717, 1.165) is 16.8 Å². The standard InChI is InChI=1S/C19H14F5N3O/c1-10-8-17(19(22,23)24)26-27(10)16-7-6-12(9-15(16)21)25-18(28)13-4-3-5-14(20)11(13)2/h3-9H,1-2H3,(H,25,28). The van der Waals surface area contributed by atoms with Gasteiger partial charge in [-0.25, -0.2) is 13.5 Å². The second kappa shape index (κ2) is 7.06. The SMILES string of the molecule is Cc1c(F)cccc1C(=O)Nc1ccc(-n2nc(C(F)(F)F)cc2C)c(F)c1. The van der Waals surface area contributed by atoms with Gasteiger partial charge in [-0.05, 0) is 55.8 Å². The minimum atomic E-state index is -4.65. The number of anilines is 1. The number of carbonyl (C=O) groups is 1. The molecule has 3 aromatic rings. The van der Waals surface area contributed by atoms with Gasteiger partial charge in [-0.2, -0.15) is 18.3 Å². The fourth-order valence-corrected chi connectivity index (χ4v) is 2.67. The molecule has 9 heteroatoms. The summed E-state index contributed by atoms with van der Waals surface area (Å²) >= 11 is 0. The largest absolute Gasteiger partial charge is 0.435 e. The molecule has 0 radical (unpaired) electrons. The fourth-order valence-electron chi connectivity index (χ4n) is 2.67. The van der Waals surface area contributed by atoms with Crippen LogP contribution in [-0.4, -0.2) is 15.7 Å². The van der Waals surface area contributed by atoms with Crippen LogP contribution in [0.4, 0.5) is 27.6 Å². The van der Waals surface area contributed by atoms with E-state index in [-0.39, 0.29) is 28.2 Å². The summed E-state index contributed by atoms with van der Waals surface area (Å²) in [5.41, 5.74) is -0.948. The fraction of sp³-hybridized carbons (Fsp3) is 0.158. The van der Waals surface area contributed by atoms with E-state index in [1.54, 1.807) is 0 Å². The van der Waals surface area contributed by atoms with Gasteiger partial charge in [0.1, 0.15) is 11.5 Å². The number of aromatic nitrogens is 2. The zero-order valence-electron chi connectivity index (χ0n) is 14.7. The van der Waals surface area contributed by atoms with Crippen molar-refractivity contribution in [2.75, 3.05) is 5.32 Å². The molecule has 0 unspecified atom stereocenters. The molecule has 4 nitrogen and oxygen atoms in total. The van der Waals surface area contributed by atoms with Crippen molar-refractivity contribution in [3.63, 3.8) is 0 Å². The van der Waals surface area contributed by atoms with Crippen molar-refractivity contribution in [2.45, 2.75) is 20.0 Å². The third-order valence-electron chi connectivity index (χ3n) is 4.12. The lowest BCUT2D eigenvalue weighted by Gasteiger charge is -2.11. The molecule has 0 spiro atoms. The number of halogens is 5. The number of aryl methyl sites for hydroxylation is 1.